The van der Waals surface area contributed by atoms with Gasteiger partial charge >= 0.3 is 0 Å². The van der Waals surface area contributed by atoms with Crippen LogP contribution in [-0.4, -0.2) is 24.2 Å². The molecule has 0 unspecified atom stereocenters. The molecule has 0 radical (unpaired) electrons. The van der Waals surface area contributed by atoms with Crippen LogP contribution in [-0.2, 0) is 4.74 Å². The maximum atomic E-state index is 8.62. The van der Waals surface area contributed by atoms with Gasteiger partial charge in [0, 0.05) is 13.7 Å². The molecule has 1 aliphatic carbocycles. The fraction of sp³-hybridized carbons (Fsp3) is 0.500. The van der Waals surface area contributed by atoms with E-state index in [0.29, 0.717) is 5.69 Å². The third-order valence-corrected chi connectivity index (χ3v) is 3.19. The largest absolute Gasteiger partial charge is 0.381 e. The molecule has 1 aromatic rings. The van der Waals surface area contributed by atoms with E-state index < -0.39 is 0 Å². The van der Waals surface area contributed by atoms with Crippen LogP contribution in [0.5, 0.6) is 0 Å². The molecule has 0 saturated heterocycles. The van der Waals surface area contributed by atoms with Crippen LogP contribution in [0, 0.1) is 11.3 Å². The number of nitriles is 1. The van der Waals surface area contributed by atoms with Gasteiger partial charge in [0.2, 0.25) is 0 Å². The quantitative estimate of drug-likeness (QED) is 0.837. The Morgan fingerprint density at radius 2 is 2.38 bits per heavy atom. The average Bonchev–Trinajstić information content (AvgIpc) is 2.29. The molecule has 1 aliphatic rings. The second kappa shape index (κ2) is 4.50. The number of anilines is 1. The fourth-order valence-electron chi connectivity index (χ4n) is 1.85. The summed E-state index contributed by atoms with van der Waals surface area (Å²) in [7, 11) is 1.76. The highest BCUT2D eigenvalue weighted by Crippen LogP contribution is 2.34. The number of rotatable bonds is 4. The van der Waals surface area contributed by atoms with Crippen LogP contribution in [0.3, 0.4) is 0 Å². The maximum Gasteiger partial charge on any atom is 0.140 e. The minimum absolute atomic E-state index is 0.00784. The zero-order valence-electron chi connectivity index (χ0n) is 9.36. The van der Waals surface area contributed by atoms with E-state index in [9.17, 15) is 0 Å². The van der Waals surface area contributed by atoms with Gasteiger partial charge in [-0.15, -0.1) is 0 Å². The number of methoxy groups -OCH3 is 1. The van der Waals surface area contributed by atoms with E-state index in [2.05, 4.69) is 10.3 Å². The summed E-state index contributed by atoms with van der Waals surface area (Å²) in [5.74, 6) is 0. The van der Waals surface area contributed by atoms with Crippen molar-refractivity contribution in [1.29, 1.82) is 5.26 Å². The van der Waals surface area contributed by atoms with Gasteiger partial charge in [-0.2, -0.15) is 5.26 Å². The molecule has 1 fully saturated rings. The molecule has 0 aliphatic heterocycles. The lowest BCUT2D eigenvalue weighted by Gasteiger charge is -2.40. The van der Waals surface area contributed by atoms with Gasteiger partial charge in [-0.25, -0.2) is 4.98 Å². The highest BCUT2D eigenvalue weighted by molar-refractivity contribution is 5.43. The Hall–Kier alpha value is -1.60. The van der Waals surface area contributed by atoms with Crippen molar-refractivity contribution in [3.8, 4) is 6.07 Å². The maximum absolute atomic E-state index is 8.62. The lowest BCUT2D eigenvalue weighted by molar-refractivity contribution is -0.0601. The molecule has 16 heavy (non-hydrogen) atoms. The Bertz CT molecular complexity index is 384. The van der Waals surface area contributed by atoms with Crippen LogP contribution in [0.2, 0.25) is 0 Å². The highest BCUT2D eigenvalue weighted by atomic mass is 16.5. The molecule has 0 atom stereocenters. The third-order valence-electron chi connectivity index (χ3n) is 3.19. The van der Waals surface area contributed by atoms with Crippen molar-refractivity contribution in [3.05, 3.63) is 24.0 Å². The van der Waals surface area contributed by atoms with E-state index in [-0.39, 0.29) is 5.60 Å². The van der Waals surface area contributed by atoms with Gasteiger partial charge in [-0.05, 0) is 31.4 Å². The molecular formula is C12H15N3O. The number of pyridine rings is 1. The van der Waals surface area contributed by atoms with Crippen molar-refractivity contribution in [1.82, 2.24) is 4.98 Å². The van der Waals surface area contributed by atoms with Crippen molar-refractivity contribution in [2.45, 2.75) is 24.9 Å². The minimum Gasteiger partial charge on any atom is -0.381 e. The molecule has 1 aromatic heterocycles. The summed E-state index contributed by atoms with van der Waals surface area (Å²) in [5.41, 5.74) is 1.38. The monoisotopic (exact) mass is 217 g/mol. The van der Waals surface area contributed by atoms with E-state index in [0.717, 1.165) is 25.1 Å². The van der Waals surface area contributed by atoms with Gasteiger partial charge in [-0.3, -0.25) is 0 Å². The van der Waals surface area contributed by atoms with Gasteiger partial charge in [0.15, 0.2) is 0 Å². The summed E-state index contributed by atoms with van der Waals surface area (Å²) in [6.07, 6.45) is 5.14. The van der Waals surface area contributed by atoms with Crippen LogP contribution >= 0.6 is 0 Å². The van der Waals surface area contributed by atoms with Crippen molar-refractivity contribution in [3.63, 3.8) is 0 Å². The van der Waals surface area contributed by atoms with Gasteiger partial charge < -0.3 is 10.1 Å². The summed E-state index contributed by atoms with van der Waals surface area (Å²) in [6, 6.07) is 5.58. The predicted octanol–water partition coefficient (Wildman–Crippen LogP) is 1.93. The second-order valence-corrected chi connectivity index (χ2v) is 4.14. The predicted molar refractivity (Wildman–Crippen MR) is 61.0 cm³/mol. The Labute approximate surface area is 95.3 Å². The Morgan fingerprint density at radius 3 is 2.81 bits per heavy atom. The number of aromatic nitrogens is 1. The molecule has 0 amide bonds. The summed E-state index contributed by atoms with van der Waals surface area (Å²) in [4.78, 5) is 4.00. The molecule has 0 aromatic carbocycles. The van der Waals surface area contributed by atoms with Gasteiger partial charge in [0.05, 0.1) is 17.5 Å². The second-order valence-electron chi connectivity index (χ2n) is 4.14. The summed E-state index contributed by atoms with van der Waals surface area (Å²) >= 11 is 0. The number of hydrogen-bond acceptors (Lipinski definition) is 4. The van der Waals surface area contributed by atoms with Gasteiger partial charge in [-0.1, -0.05) is 0 Å². The van der Waals surface area contributed by atoms with E-state index in [1.54, 1.807) is 19.4 Å². The molecule has 4 heteroatoms. The normalized spacial score (nSPS) is 17.2. The first-order valence-corrected chi connectivity index (χ1v) is 5.43. The third kappa shape index (κ3) is 2.15. The average molecular weight is 217 g/mol. The highest BCUT2D eigenvalue weighted by Gasteiger charge is 2.36. The van der Waals surface area contributed by atoms with Gasteiger partial charge in [0.1, 0.15) is 11.8 Å². The van der Waals surface area contributed by atoms with E-state index in [1.165, 1.54) is 6.42 Å². The zero-order chi connectivity index (χ0) is 11.4. The molecule has 0 bridgehead atoms. The summed E-state index contributed by atoms with van der Waals surface area (Å²) < 4.78 is 5.51. The van der Waals surface area contributed by atoms with Crippen LogP contribution in [0.4, 0.5) is 5.69 Å². The summed E-state index contributed by atoms with van der Waals surface area (Å²) in [6.45, 7) is 0.803. The number of nitrogens with one attached hydrogen (secondary N) is 1. The lowest BCUT2D eigenvalue weighted by atomic mass is 9.80. The van der Waals surface area contributed by atoms with Crippen LogP contribution in [0.1, 0.15) is 25.0 Å². The molecule has 1 N–H and O–H groups in total. The Kier molecular flexibility index (Phi) is 3.07. The first-order chi connectivity index (χ1) is 7.78. The smallest absolute Gasteiger partial charge is 0.140 e. The zero-order valence-corrected chi connectivity index (χ0v) is 9.36. The number of hydrogen-bond donors (Lipinski definition) is 1. The lowest BCUT2D eigenvalue weighted by Crippen LogP contribution is -2.45. The molecule has 1 saturated carbocycles. The summed E-state index contributed by atoms with van der Waals surface area (Å²) in [5, 5.41) is 11.9. The van der Waals surface area contributed by atoms with E-state index in [1.807, 2.05) is 12.1 Å². The molecule has 2 rings (SSSR count). The fourth-order valence-corrected chi connectivity index (χ4v) is 1.85. The number of ether oxygens (including phenoxy) is 1. The first-order valence-electron chi connectivity index (χ1n) is 5.43. The van der Waals surface area contributed by atoms with E-state index >= 15 is 0 Å². The van der Waals surface area contributed by atoms with Crippen LogP contribution in [0.25, 0.3) is 0 Å². The van der Waals surface area contributed by atoms with Crippen molar-refractivity contribution in [2.75, 3.05) is 19.0 Å². The Morgan fingerprint density at radius 1 is 1.56 bits per heavy atom. The molecule has 1 heterocycles. The van der Waals surface area contributed by atoms with Crippen LogP contribution < -0.4 is 5.32 Å². The van der Waals surface area contributed by atoms with Crippen molar-refractivity contribution >= 4 is 5.69 Å². The van der Waals surface area contributed by atoms with Gasteiger partial charge in [0.25, 0.3) is 0 Å². The Balaban J connectivity index is 1.92. The van der Waals surface area contributed by atoms with Crippen molar-refractivity contribution < 1.29 is 4.74 Å². The van der Waals surface area contributed by atoms with E-state index in [4.69, 9.17) is 10.00 Å². The minimum atomic E-state index is 0.00784. The molecular weight excluding hydrogens is 202 g/mol. The van der Waals surface area contributed by atoms with Crippen LogP contribution in [0.15, 0.2) is 18.3 Å². The SMILES string of the molecule is COC1(CNc2ccc(C#N)nc2)CCC1. The molecule has 4 nitrogen and oxygen atoms in total. The molecule has 84 valence electrons. The molecule has 0 spiro atoms. The standard InChI is InChI=1S/C12H15N3O/c1-16-12(5-2-6-12)9-15-11-4-3-10(7-13)14-8-11/h3-4,8,15H,2,5-6,9H2,1H3. The first kappa shape index (κ1) is 10.9. The van der Waals surface area contributed by atoms with Crippen molar-refractivity contribution in [2.24, 2.45) is 0 Å². The topological polar surface area (TPSA) is 57.9 Å². The number of nitrogens with zero attached hydrogens (tertiary/aromatic N) is 2.